The number of carboxylic acids is 1. The molecule has 0 spiro atoms. The third kappa shape index (κ3) is 3.66. The van der Waals surface area contributed by atoms with Gasteiger partial charge in [0.05, 0.1) is 16.1 Å². The fraction of sp³-hybridized carbons (Fsp3) is 0.316. The summed E-state index contributed by atoms with van der Waals surface area (Å²) < 4.78 is 14.6. The second-order valence-corrected chi connectivity index (χ2v) is 6.94. The van der Waals surface area contributed by atoms with Gasteiger partial charge in [-0.25, -0.2) is 4.39 Å². The van der Waals surface area contributed by atoms with Crippen molar-refractivity contribution >= 4 is 29.2 Å². The lowest BCUT2D eigenvalue weighted by atomic mass is 9.91. The molecule has 0 aromatic heterocycles. The molecule has 2 aromatic carbocycles. The van der Waals surface area contributed by atoms with E-state index in [0.717, 1.165) is 12.8 Å². The van der Waals surface area contributed by atoms with Crippen molar-refractivity contribution in [3.63, 3.8) is 0 Å². The van der Waals surface area contributed by atoms with Gasteiger partial charge in [0.25, 0.3) is 0 Å². The second kappa shape index (κ2) is 7.73. The fourth-order valence-corrected chi connectivity index (χ4v) is 3.89. The zero-order chi connectivity index (χ0) is 18.0. The normalized spacial score (nSPS) is 19.6. The number of halogens is 3. The van der Waals surface area contributed by atoms with E-state index in [9.17, 15) is 14.3 Å². The van der Waals surface area contributed by atoms with Gasteiger partial charge >= 0.3 is 5.97 Å². The van der Waals surface area contributed by atoms with Gasteiger partial charge in [-0.2, -0.15) is 0 Å². The largest absolute Gasteiger partial charge is 0.480 e. The van der Waals surface area contributed by atoms with Crippen LogP contribution < -0.4 is 0 Å². The van der Waals surface area contributed by atoms with Crippen molar-refractivity contribution in [1.29, 1.82) is 0 Å². The minimum absolute atomic E-state index is 0.326. The number of aliphatic carboxylic acids is 1. The van der Waals surface area contributed by atoms with Crippen LogP contribution in [-0.4, -0.2) is 28.6 Å². The number of hydrogen-bond donors (Lipinski definition) is 1. The minimum atomic E-state index is -0.904. The average Bonchev–Trinajstić information content (AvgIpc) is 2.60. The number of likely N-dealkylation sites (tertiary alicyclic amines) is 1. The van der Waals surface area contributed by atoms with Gasteiger partial charge in [-0.3, -0.25) is 9.69 Å². The molecule has 1 heterocycles. The number of benzene rings is 2. The predicted octanol–water partition coefficient (Wildman–Crippen LogP) is 5.16. The standard InChI is InChI=1S/C19H18Cl2FNO2/c20-14-8-5-7-13(17(14)21)18(12-6-1-2-9-15(12)22)23-11-4-3-10-16(23)19(24)25/h1-2,5-9,16,18H,3-4,10-11H2,(H,24,25). The third-order valence-corrected chi connectivity index (χ3v) is 5.47. The van der Waals surface area contributed by atoms with Gasteiger partial charge in [0.15, 0.2) is 0 Å². The first-order valence-corrected chi connectivity index (χ1v) is 8.93. The van der Waals surface area contributed by atoms with Crippen LogP contribution in [0.3, 0.4) is 0 Å². The number of rotatable bonds is 4. The van der Waals surface area contributed by atoms with E-state index in [-0.39, 0.29) is 0 Å². The Labute approximate surface area is 156 Å². The molecule has 1 N–H and O–H groups in total. The Balaban J connectivity index is 2.17. The number of nitrogens with zero attached hydrogens (tertiary/aromatic N) is 1. The zero-order valence-electron chi connectivity index (χ0n) is 13.5. The fourth-order valence-electron chi connectivity index (χ4n) is 3.48. The van der Waals surface area contributed by atoms with Crippen LogP contribution in [-0.2, 0) is 4.79 Å². The van der Waals surface area contributed by atoms with Gasteiger partial charge in [0, 0.05) is 5.56 Å². The molecular formula is C19H18Cl2FNO2. The summed E-state index contributed by atoms with van der Waals surface area (Å²) in [6.45, 7) is 0.554. The van der Waals surface area contributed by atoms with Crippen molar-refractivity contribution in [1.82, 2.24) is 4.90 Å². The molecule has 3 nitrogen and oxygen atoms in total. The lowest BCUT2D eigenvalue weighted by molar-refractivity contribution is -0.145. The summed E-state index contributed by atoms with van der Waals surface area (Å²) in [5, 5.41) is 10.3. The lowest BCUT2D eigenvalue weighted by Gasteiger charge is -2.40. The summed E-state index contributed by atoms with van der Waals surface area (Å²) >= 11 is 12.6. The molecule has 6 heteroatoms. The van der Waals surface area contributed by atoms with Crippen LogP contribution in [0.1, 0.15) is 36.4 Å². The molecule has 132 valence electrons. The Morgan fingerprint density at radius 2 is 1.84 bits per heavy atom. The summed E-state index contributed by atoms with van der Waals surface area (Å²) in [5.74, 6) is -1.29. The van der Waals surface area contributed by atoms with Crippen LogP contribution in [0.25, 0.3) is 0 Å². The molecule has 2 aromatic rings. The van der Waals surface area contributed by atoms with Gasteiger partial charge in [-0.05, 0) is 37.1 Å². The monoisotopic (exact) mass is 381 g/mol. The topological polar surface area (TPSA) is 40.5 Å². The summed E-state index contributed by atoms with van der Waals surface area (Å²) in [7, 11) is 0. The van der Waals surface area contributed by atoms with E-state index in [1.54, 1.807) is 36.4 Å². The highest BCUT2D eigenvalue weighted by Crippen LogP contribution is 2.40. The smallest absolute Gasteiger partial charge is 0.320 e. The van der Waals surface area contributed by atoms with Crippen molar-refractivity contribution in [2.75, 3.05) is 6.54 Å². The first-order valence-electron chi connectivity index (χ1n) is 8.17. The molecule has 25 heavy (non-hydrogen) atoms. The summed E-state index contributed by atoms with van der Waals surface area (Å²) in [6, 6.07) is 10.3. The van der Waals surface area contributed by atoms with Gasteiger partial charge < -0.3 is 5.11 Å². The van der Waals surface area contributed by atoms with Gasteiger partial charge in [-0.1, -0.05) is 60.0 Å². The maximum absolute atomic E-state index is 14.6. The van der Waals surface area contributed by atoms with Gasteiger partial charge in [0.1, 0.15) is 11.9 Å². The average molecular weight is 382 g/mol. The lowest BCUT2D eigenvalue weighted by Crippen LogP contribution is -2.47. The van der Waals surface area contributed by atoms with Crippen LogP contribution in [0.4, 0.5) is 4.39 Å². The number of piperidine rings is 1. The molecule has 0 radical (unpaired) electrons. The number of carboxylic acid groups (broad SMARTS) is 1. The van der Waals surface area contributed by atoms with Crippen molar-refractivity contribution in [3.05, 3.63) is 69.5 Å². The molecule has 0 bridgehead atoms. The van der Waals surface area contributed by atoms with Gasteiger partial charge in [0.2, 0.25) is 0 Å². The predicted molar refractivity (Wildman–Crippen MR) is 96.7 cm³/mol. The van der Waals surface area contributed by atoms with Crippen molar-refractivity contribution in [3.8, 4) is 0 Å². The first kappa shape index (κ1) is 18.2. The Hall–Kier alpha value is -1.62. The molecule has 1 fully saturated rings. The number of hydrogen-bond acceptors (Lipinski definition) is 2. The maximum Gasteiger partial charge on any atom is 0.320 e. The highest BCUT2D eigenvalue weighted by atomic mass is 35.5. The van der Waals surface area contributed by atoms with Crippen LogP contribution in [0.15, 0.2) is 42.5 Å². The molecule has 0 saturated carbocycles. The number of carbonyl (C=O) groups is 1. The molecular weight excluding hydrogens is 364 g/mol. The highest BCUT2D eigenvalue weighted by Gasteiger charge is 2.37. The van der Waals surface area contributed by atoms with E-state index in [2.05, 4.69) is 0 Å². The minimum Gasteiger partial charge on any atom is -0.480 e. The highest BCUT2D eigenvalue weighted by molar-refractivity contribution is 6.42. The Morgan fingerprint density at radius 1 is 1.12 bits per heavy atom. The van der Waals surface area contributed by atoms with E-state index in [1.807, 2.05) is 4.90 Å². The second-order valence-electron chi connectivity index (χ2n) is 6.15. The summed E-state index contributed by atoms with van der Waals surface area (Å²) in [6.07, 6.45) is 2.21. The van der Waals surface area contributed by atoms with Crippen molar-refractivity contribution in [2.24, 2.45) is 0 Å². The van der Waals surface area contributed by atoms with E-state index >= 15 is 0 Å². The van der Waals surface area contributed by atoms with Crippen molar-refractivity contribution < 1.29 is 14.3 Å². The molecule has 0 aliphatic carbocycles. The quantitative estimate of drug-likeness (QED) is 0.794. The van der Waals surface area contributed by atoms with E-state index in [4.69, 9.17) is 23.2 Å². The van der Waals surface area contributed by atoms with E-state index in [1.165, 1.54) is 6.07 Å². The SMILES string of the molecule is O=C(O)C1CCCCN1C(c1ccccc1F)c1cccc(Cl)c1Cl. The molecule has 1 aliphatic rings. The molecule has 1 saturated heterocycles. The third-order valence-electron chi connectivity index (χ3n) is 4.64. The van der Waals surface area contributed by atoms with E-state index < -0.39 is 23.9 Å². The Bertz CT molecular complexity index is 784. The van der Waals surface area contributed by atoms with Crippen LogP contribution >= 0.6 is 23.2 Å². The Morgan fingerprint density at radius 3 is 2.56 bits per heavy atom. The first-order chi connectivity index (χ1) is 12.0. The van der Waals surface area contributed by atoms with Crippen LogP contribution in [0.2, 0.25) is 10.0 Å². The maximum atomic E-state index is 14.6. The van der Waals surface area contributed by atoms with E-state index in [0.29, 0.717) is 34.1 Å². The summed E-state index contributed by atoms with van der Waals surface area (Å²) in [4.78, 5) is 13.6. The molecule has 2 atom stereocenters. The summed E-state index contributed by atoms with van der Waals surface area (Å²) in [5.41, 5.74) is 1.02. The molecule has 3 rings (SSSR count). The van der Waals surface area contributed by atoms with Crippen LogP contribution in [0, 0.1) is 5.82 Å². The molecule has 2 unspecified atom stereocenters. The molecule has 1 aliphatic heterocycles. The van der Waals surface area contributed by atoms with Crippen molar-refractivity contribution in [2.45, 2.75) is 31.3 Å². The Kier molecular flexibility index (Phi) is 5.62. The van der Waals surface area contributed by atoms with Crippen LogP contribution in [0.5, 0.6) is 0 Å². The molecule has 0 amide bonds. The zero-order valence-corrected chi connectivity index (χ0v) is 15.0. The van der Waals surface area contributed by atoms with Gasteiger partial charge in [-0.15, -0.1) is 0 Å².